The van der Waals surface area contributed by atoms with E-state index in [0.29, 0.717) is 5.75 Å². The number of imidazole rings is 1. The number of nitrogens with zero attached hydrogens (tertiary/aromatic N) is 3. The Morgan fingerprint density at radius 3 is 2.56 bits per heavy atom. The fourth-order valence-electron chi connectivity index (χ4n) is 2.53. The summed E-state index contributed by atoms with van der Waals surface area (Å²) in [4.78, 5) is 20.4. The van der Waals surface area contributed by atoms with Gasteiger partial charge in [0.05, 0.1) is 6.33 Å². The summed E-state index contributed by atoms with van der Waals surface area (Å²) < 4.78 is 7.44. The van der Waals surface area contributed by atoms with Crippen LogP contribution in [0.15, 0.2) is 78.8 Å². The number of thiazole rings is 1. The molecule has 0 aliphatic rings. The third-order valence-corrected chi connectivity index (χ3v) is 4.68. The van der Waals surface area contributed by atoms with Gasteiger partial charge in [-0.3, -0.25) is 4.79 Å². The van der Waals surface area contributed by atoms with Crippen molar-refractivity contribution in [2.45, 2.75) is 0 Å². The van der Waals surface area contributed by atoms with Gasteiger partial charge in [0.15, 0.2) is 6.61 Å². The zero-order chi connectivity index (χ0) is 18.5. The maximum atomic E-state index is 12.1. The normalized spacial score (nSPS) is 10.5. The Kier molecular flexibility index (Phi) is 4.93. The highest BCUT2D eigenvalue weighted by Crippen LogP contribution is 2.23. The largest absolute Gasteiger partial charge is 0.484 e. The van der Waals surface area contributed by atoms with Crippen LogP contribution >= 0.6 is 11.3 Å². The van der Waals surface area contributed by atoms with Crippen LogP contribution in [-0.4, -0.2) is 27.0 Å². The second-order valence-corrected chi connectivity index (χ2v) is 6.61. The van der Waals surface area contributed by atoms with E-state index in [4.69, 9.17) is 4.74 Å². The monoisotopic (exact) mass is 376 g/mol. The molecular formula is C20H16N4O2S. The van der Waals surface area contributed by atoms with E-state index in [2.05, 4.69) is 15.3 Å². The lowest BCUT2D eigenvalue weighted by molar-refractivity contribution is -0.118. The maximum absolute atomic E-state index is 12.1. The molecule has 1 amide bonds. The molecule has 134 valence electrons. The van der Waals surface area contributed by atoms with E-state index in [-0.39, 0.29) is 12.5 Å². The fraction of sp³-hybridized carbons (Fsp3) is 0.0500. The van der Waals surface area contributed by atoms with E-state index in [1.807, 2.05) is 64.7 Å². The maximum Gasteiger partial charge on any atom is 0.262 e. The van der Waals surface area contributed by atoms with Gasteiger partial charge in [0, 0.05) is 40.9 Å². The Morgan fingerprint density at radius 1 is 1.07 bits per heavy atom. The standard InChI is InChI=1S/C20H16N4O2S/c25-19(23-16-3-1-15(2-4-16)20-22-10-12-27-20)13-26-18-7-5-17(6-8-18)24-11-9-21-14-24/h1-12,14H,13H2,(H,23,25). The summed E-state index contributed by atoms with van der Waals surface area (Å²) in [6.07, 6.45) is 7.08. The topological polar surface area (TPSA) is 69.0 Å². The van der Waals surface area contributed by atoms with Gasteiger partial charge < -0.3 is 14.6 Å². The molecule has 1 N–H and O–H groups in total. The lowest BCUT2D eigenvalue weighted by Crippen LogP contribution is -2.20. The van der Waals surface area contributed by atoms with Gasteiger partial charge in [-0.05, 0) is 48.5 Å². The van der Waals surface area contributed by atoms with Gasteiger partial charge >= 0.3 is 0 Å². The first-order chi connectivity index (χ1) is 13.3. The van der Waals surface area contributed by atoms with Crippen LogP contribution in [0, 0.1) is 0 Å². The molecular weight excluding hydrogens is 360 g/mol. The third-order valence-electron chi connectivity index (χ3n) is 3.86. The molecule has 4 rings (SSSR count). The zero-order valence-corrected chi connectivity index (χ0v) is 15.1. The van der Waals surface area contributed by atoms with Gasteiger partial charge in [-0.15, -0.1) is 11.3 Å². The molecule has 4 aromatic rings. The third kappa shape index (κ3) is 4.21. The summed E-state index contributed by atoms with van der Waals surface area (Å²) in [7, 11) is 0. The van der Waals surface area contributed by atoms with Gasteiger partial charge in [0.1, 0.15) is 10.8 Å². The highest BCUT2D eigenvalue weighted by Gasteiger charge is 2.06. The molecule has 0 saturated carbocycles. The van der Waals surface area contributed by atoms with E-state index in [1.165, 1.54) is 0 Å². The Hall–Kier alpha value is -3.45. The number of benzene rings is 2. The van der Waals surface area contributed by atoms with Crippen LogP contribution in [0.25, 0.3) is 16.3 Å². The molecule has 0 fully saturated rings. The number of carbonyl (C=O) groups is 1. The lowest BCUT2D eigenvalue weighted by Gasteiger charge is -2.09. The first-order valence-corrected chi connectivity index (χ1v) is 9.17. The van der Waals surface area contributed by atoms with E-state index >= 15 is 0 Å². The molecule has 0 bridgehead atoms. The van der Waals surface area contributed by atoms with Crippen LogP contribution in [0.2, 0.25) is 0 Å². The van der Waals surface area contributed by atoms with Crippen molar-refractivity contribution in [1.29, 1.82) is 0 Å². The summed E-state index contributed by atoms with van der Waals surface area (Å²) in [5.41, 5.74) is 2.72. The van der Waals surface area contributed by atoms with Gasteiger partial charge in [-0.1, -0.05) is 0 Å². The molecule has 0 aliphatic carbocycles. The lowest BCUT2D eigenvalue weighted by atomic mass is 10.2. The number of ether oxygens (including phenoxy) is 1. The van der Waals surface area contributed by atoms with Gasteiger partial charge in [-0.25, -0.2) is 9.97 Å². The molecule has 2 aromatic carbocycles. The van der Waals surface area contributed by atoms with Crippen LogP contribution in [0.3, 0.4) is 0 Å². The van der Waals surface area contributed by atoms with Gasteiger partial charge in [0.25, 0.3) is 5.91 Å². The van der Waals surface area contributed by atoms with Crippen molar-refractivity contribution in [1.82, 2.24) is 14.5 Å². The predicted octanol–water partition coefficient (Wildman–Crippen LogP) is 4.01. The minimum absolute atomic E-state index is 0.0569. The fourth-order valence-corrected chi connectivity index (χ4v) is 3.18. The number of anilines is 1. The number of carbonyl (C=O) groups excluding carboxylic acids is 1. The van der Waals surface area contributed by atoms with Crippen molar-refractivity contribution in [3.63, 3.8) is 0 Å². The number of amides is 1. The van der Waals surface area contributed by atoms with Gasteiger partial charge in [-0.2, -0.15) is 0 Å². The van der Waals surface area contributed by atoms with Crippen molar-refractivity contribution >= 4 is 22.9 Å². The van der Waals surface area contributed by atoms with Crippen LogP contribution in [-0.2, 0) is 4.79 Å². The average Bonchev–Trinajstić information content (AvgIpc) is 3.41. The highest BCUT2D eigenvalue weighted by molar-refractivity contribution is 7.13. The molecule has 7 heteroatoms. The molecule has 6 nitrogen and oxygen atoms in total. The number of nitrogens with one attached hydrogen (secondary N) is 1. The van der Waals surface area contributed by atoms with E-state index in [0.717, 1.165) is 21.9 Å². The van der Waals surface area contributed by atoms with Crippen molar-refractivity contribution in [3.05, 3.63) is 78.8 Å². The Balaban J connectivity index is 1.30. The minimum atomic E-state index is -0.212. The first-order valence-electron chi connectivity index (χ1n) is 8.29. The van der Waals surface area contributed by atoms with Crippen molar-refractivity contribution in [2.24, 2.45) is 0 Å². The highest BCUT2D eigenvalue weighted by atomic mass is 32.1. The number of rotatable bonds is 6. The summed E-state index contributed by atoms with van der Waals surface area (Å²) in [5, 5.41) is 5.71. The van der Waals surface area contributed by atoms with Crippen LogP contribution in [0.1, 0.15) is 0 Å². The predicted molar refractivity (Wildman–Crippen MR) is 105 cm³/mol. The molecule has 0 spiro atoms. The summed E-state index contributed by atoms with van der Waals surface area (Å²) >= 11 is 1.58. The Bertz CT molecular complexity index is 995. The zero-order valence-electron chi connectivity index (χ0n) is 14.3. The van der Waals surface area contributed by atoms with Crippen molar-refractivity contribution in [3.8, 4) is 22.0 Å². The van der Waals surface area contributed by atoms with Gasteiger partial charge in [0.2, 0.25) is 0 Å². The SMILES string of the molecule is O=C(COc1ccc(-n2ccnc2)cc1)Nc1ccc(-c2nccs2)cc1. The number of hydrogen-bond acceptors (Lipinski definition) is 5. The second-order valence-electron chi connectivity index (χ2n) is 5.72. The van der Waals surface area contributed by atoms with Crippen LogP contribution in [0.4, 0.5) is 5.69 Å². The summed E-state index contributed by atoms with van der Waals surface area (Å²) in [6, 6.07) is 15.0. The molecule has 0 radical (unpaired) electrons. The van der Waals surface area contributed by atoms with Crippen LogP contribution < -0.4 is 10.1 Å². The van der Waals surface area contributed by atoms with Crippen LogP contribution in [0.5, 0.6) is 5.75 Å². The number of aromatic nitrogens is 3. The summed E-state index contributed by atoms with van der Waals surface area (Å²) in [5.74, 6) is 0.420. The number of hydrogen-bond donors (Lipinski definition) is 1. The first kappa shape index (κ1) is 17.0. The second kappa shape index (κ2) is 7.84. The van der Waals surface area contributed by atoms with Crippen molar-refractivity contribution < 1.29 is 9.53 Å². The summed E-state index contributed by atoms with van der Waals surface area (Å²) in [6.45, 7) is -0.0569. The molecule has 0 unspecified atom stereocenters. The quantitative estimate of drug-likeness (QED) is 0.552. The average molecular weight is 376 g/mol. The molecule has 27 heavy (non-hydrogen) atoms. The smallest absolute Gasteiger partial charge is 0.262 e. The van der Waals surface area contributed by atoms with E-state index in [9.17, 15) is 4.79 Å². The molecule has 0 saturated heterocycles. The van der Waals surface area contributed by atoms with Crippen molar-refractivity contribution in [2.75, 3.05) is 11.9 Å². The van der Waals surface area contributed by atoms with E-state index in [1.54, 1.807) is 30.1 Å². The Morgan fingerprint density at radius 2 is 1.89 bits per heavy atom. The molecule has 0 aliphatic heterocycles. The molecule has 2 heterocycles. The Labute approximate surface area is 160 Å². The van der Waals surface area contributed by atoms with E-state index < -0.39 is 0 Å². The molecule has 0 atom stereocenters. The molecule has 2 aromatic heterocycles. The minimum Gasteiger partial charge on any atom is -0.484 e.